The van der Waals surface area contributed by atoms with E-state index in [1.54, 1.807) is 24.3 Å². The standard InChI is InChI=1S/C16H15ClFNO3/c1-2-21-13-6-4-12(5-7-13)19-16(20)10-22-15-8-3-11(18)9-14(15)17/h3-9H,2,10H2,1H3,(H,19,20). The van der Waals surface area contributed by atoms with E-state index in [0.717, 1.165) is 11.8 Å². The highest BCUT2D eigenvalue weighted by molar-refractivity contribution is 6.32. The number of ether oxygens (including phenoxy) is 2. The van der Waals surface area contributed by atoms with Crippen LogP contribution in [0.3, 0.4) is 0 Å². The number of halogens is 2. The van der Waals surface area contributed by atoms with Gasteiger partial charge in [0, 0.05) is 5.69 Å². The van der Waals surface area contributed by atoms with Gasteiger partial charge in [0.05, 0.1) is 11.6 Å². The summed E-state index contributed by atoms with van der Waals surface area (Å²) in [6, 6.07) is 10.7. The van der Waals surface area contributed by atoms with E-state index in [2.05, 4.69) is 5.32 Å². The van der Waals surface area contributed by atoms with Crippen LogP contribution >= 0.6 is 11.6 Å². The number of hydrogen-bond donors (Lipinski definition) is 1. The fourth-order valence-corrected chi connectivity index (χ4v) is 1.96. The van der Waals surface area contributed by atoms with Gasteiger partial charge in [0.15, 0.2) is 6.61 Å². The van der Waals surface area contributed by atoms with E-state index in [0.29, 0.717) is 12.3 Å². The molecule has 0 aromatic heterocycles. The van der Waals surface area contributed by atoms with Gasteiger partial charge in [-0.15, -0.1) is 0 Å². The Balaban J connectivity index is 1.87. The Hall–Kier alpha value is -2.27. The van der Waals surface area contributed by atoms with Crippen molar-refractivity contribution in [1.29, 1.82) is 0 Å². The Morgan fingerprint density at radius 2 is 1.91 bits per heavy atom. The summed E-state index contributed by atoms with van der Waals surface area (Å²) in [5, 5.41) is 2.80. The van der Waals surface area contributed by atoms with Crippen molar-refractivity contribution in [1.82, 2.24) is 0 Å². The highest BCUT2D eigenvalue weighted by Crippen LogP contribution is 2.24. The van der Waals surface area contributed by atoms with Crippen LogP contribution < -0.4 is 14.8 Å². The summed E-state index contributed by atoms with van der Waals surface area (Å²) in [6.07, 6.45) is 0. The molecule has 0 radical (unpaired) electrons. The summed E-state index contributed by atoms with van der Waals surface area (Å²) >= 11 is 5.81. The lowest BCUT2D eigenvalue weighted by Crippen LogP contribution is -2.20. The molecule has 0 bridgehead atoms. The van der Waals surface area contributed by atoms with Crippen LogP contribution in [0.25, 0.3) is 0 Å². The van der Waals surface area contributed by atoms with Crippen LogP contribution in [-0.2, 0) is 4.79 Å². The summed E-state index contributed by atoms with van der Waals surface area (Å²) in [5.74, 6) is 0.181. The molecule has 0 fully saturated rings. The van der Waals surface area contributed by atoms with Crippen LogP contribution in [0.1, 0.15) is 6.92 Å². The summed E-state index contributed by atoms with van der Waals surface area (Å²) in [5.41, 5.74) is 0.627. The Morgan fingerprint density at radius 1 is 1.18 bits per heavy atom. The fraction of sp³-hybridized carbons (Fsp3) is 0.188. The van der Waals surface area contributed by atoms with E-state index in [4.69, 9.17) is 21.1 Å². The number of nitrogens with one attached hydrogen (secondary N) is 1. The minimum Gasteiger partial charge on any atom is -0.494 e. The lowest BCUT2D eigenvalue weighted by molar-refractivity contribution is -0.118. The minimum atomic E-state index is -0.462. The average Bonchev–Trinajstić information content (AvgIpc) is 2.49. The second-order valence-electron chi connectivity index (χ2n) is 4.37. The first-order chi connectivity index (χ1) is 10.6. The molecule has 2 aromatic carbocycles. The average molecular weight is 324 g/mol. The van der Waals surface area contributed by atoms with Gasteiger partial charge in [-0.05, 0) is 49.4 Å². The number of rotatable bonds is 6. The van der Waals surface area contributed by atoms with Crippen LogP contribution in [0.5, 0.6) is 11.5 Å². The largest absolute Gasteiger partial charge is 0.494 e. The zero-order valence-corrected chi connectivity index (χ0v) is 12.7. The summed E-state index contributed by atoms with van der Waals surface area (Å²) in [6.45, 7) is 2.25. The molecule has 22 heavy (non-hydrogen) atoms. The van der Waals surface area contributed by atoms with Gasteiger partial charge < -0.3 is 14.8 Å². The molecule has 0 saturated carbocycles. The van der Waals surface area contributed by atoms with Gasteiger partial charge in [-0.25, -0.2) is 4.39 Å². The van der Waals surface area contributed by atoms with Crippen molar-refractivity contribution in [2.45, 2.75) is 6.92 Å². The van der Waals surface area contributed by atoms with Crippen molar-refractivity contribution in [2.75, 3.05) is 18.5 Å². The number of hydrogen-bond acceptors (Lipinski definition) is 3. The summed E-state index contributed by atoms with van der Waals surface area (Å²) in [4.78, 5) is 11.8. The molecule has 0 saturated heterocycles. The molecule has 0 aliphatic heterocycles. The maximum Gasteiger partial charge on any atom is 0.262 e. The van der Waals surface area contributed by atoms with Gasteiger partial charge in [-0.2, -0.15) is 0 Å². The topological polar surface area (TPSA) is 47.6 Å². The zero-order chi connectivity index (χ0) is 15.9. The van der Waals surface area contributed by atoms with E-state index in [-0.39, 0.29) is 23.3 Å². The van der Waals surface area contributed by atoms with E-state index < -0.39 is 5.82 Å². The predicted octanol–water partition coefficient (Wildman–Crippen LogP) is 3.90. The molecule has 0 heterocycles. The maximum atomic E-state index is 12.9. The Labute approximate surface area is 132 Å². The third-order valence-corrected chi connectivity index (χ3v) is 3.00. The fourth-order valence-electron chi connectivity index (χ4n) is 1.73. The van der Waals surface area contributed by atoms with E-state index in [9.17, 15) is 9.18 Å². The van der Waals surface area contributed by atoms with Gasteiger partial charge in [0.2, 0.25) is 0 Å². The third kappa shape index (κ3) is 4.63. The summed E-state index contributed by atoms with van der Waals surface area (Å²) in [7, 11) is 0. The number of carbonyl (C=O) groups is 1. The molecule has 116 valence electrons. The first-order valence-corrected chi connectivity index (χ1v) is 7.07. The molecule has 1 N–H and O–H groups in total. The first kappa shape index (κ1) is 16.1. The van der Waals surface area contributed by atoms with Crippen molar-refractivity contribution in [2.24, 2.45) is 0 Å². The Morgan fingerprint density at radius 3 is 2.55 bits per heavy atom. The molecule has 4 nitrogen and oxygen atoms in total. The molecule has 2 aromatic rings. The SMILES string of the molecule is CCOc1ccc(NC(=O)COc2ccc(F)cc2Cl)cc1. The van der Waals surface area contributed by atoms with Gasteiger partial charge in [0.1, 0.15) is 17.3 Å². The molecule has 0 aliphatic carbocycles. The highest BCUT2D eigenvalue weighted by Gasteiger charge is 2.07. The van der Waals surface area contributed by atoms with Crippen LogP contribution in [-0.4, -0.2) is 19.1 Å². The third-order valence-electron chi connectivity index (χ3n) is 2.70. The number of benzene rings is 2. The minimum absolute atomic E-state index is 0.119. The lowest BCUT2D eigenvalue weighted by Gasteiger charge is -2.09. The maximum absolute atomic E-state index is 12.9. The number of amides is 1. The Bertz CT molecular complexity index is 646. The van der Waals surface area contributed by atoms with E-state index >= 15 is 0 Å². The van der Waals surface area contributed by atoms with Crippen LogP contribution in [0.4, 0.5) is 10.1 Å². The number of carbonyl (C=O) groups excluding carboxylic acids is 1. The number of anilines is 1. The van der Waals surface area contributed by atoms with Crippen LogP contribution in [0.15, 0.2) is 42.5 Å². The van der Waals surface area contributed by atoms with Crippen molar-refractivity contribution in [3.05, 3.63) is 53.3 Å². The normalized spacial score (nSPS) is 10.1. The molecule has 2 rings (SSSR count). The van der Waals surface area contributed by atoms with Crippen LogP contribution in [0.2, 0.25) is 5.02 Å². The molecular weight excluding hydrogens is 309 g/mol. The van der Waals surface area contributed by atoms with Crippen molar-refractivity contribution < 1.29 is 18.7 Å². The summed E-state index contributed by atoms with van der Waals surface area (Å²) < 4.78 is 23.5. The molecule has 0 aliphatic rings. The molecule has 0 spiro atoms. The lowest BCUT2D eigenvalue weighted by atomic mass is 10.3. The molecule has 1 amide bonds. The second-order valence-corrected chi connectivity index (χ2v) is 4.78. The van der Waals surface area contributed by atoms with Crippen molar-refractivity contribution in [3.8, 4) is 11.5 Å². The van der Waals surface area contributed by atoms with Gasteiger partial charge in [-0.3, -0.25) is 4.79 Å². The van der Waals surface area contributed by atoms with E-state index in [1.807, 2.05) is 6.92 Å². The van der Waals surface area contributed by atoms with Crippen molar-refractivity contribution in [3.63, 3.8) is 0 Å². The zero-order valence-electron chi connectivity index (χ0n) is 11.9. The smallest absolute Gasteiger partial charge is 0.262 e. The second kappa shape index (κ2) is 7.66. The van der Waals surface area contributed by atoms with Crippen LogP contribution in [0, 0.1) is 5.82 Å². The molecule has 0 unspecified atom stereocenters. The van der Waals surface area contributed by atoms with E-state index in [1.165, 1.54) is 12.1 Å². The monoisotopic (exact) mass is 323 g/mol. The molecule has 6 heteroatoms. The quantitative estimate of drug-likeness (QED) is 0.877. The molecule has 0 atom stereocenters. The molecular formula is C16H15ClFNO3. The van der Waals surface area contributed by atoms with Gasteiger partial charge in [0.25, 0.3) is 5.91 Å². The highest BCUT2D eigenvalue weighted by atomic mass is 35.5. The van der Waals surface area contributed by atoms with Crippen molar-refractivity contribution >= 4 is 23.2 Å². The predicted molar refractivity (Wildman–Crippen MR) is 83.1 cm³/mol. The first-order valence-electron chi connectivity index (χ1n) is 6.69. The van der Waals surface area contributed by atoms with Gasteiger partial charge in [-0.1, -0.05) is 11.6 Å². The van der Waals surface area contributed by atoms with Gasteiger partial charge >= 0.3 is 0 Å². The Kier molecular flexibility index (Phi) is 5.61.